The van der Waals surface area contributed by atoms with Crippen LogP contribution in [0.1, 0.15) is 25.0 Å². The first-order valence-corrected chi connectivity index (χ1v) is 5.24. The zero-order valence-electron chi connectivity index (χ0n) is 8.20. The highest BCUT2D eigenvalue weighted by molar-refractivity contribution is 5.19. The van der Waals surface area contributed by atoms with Crippen LogP contribution >= 0.6 is 0 Å². The largest absolute Gasteiger partial charge is 0.476 e. The molecule has 1 aromatic heterocycles. The molecule has 2 heterocycles. The topological polar surface area (TPSA) is 53.1 Å². The Kier molecular flexibility index (Phi) is 1.62. The molecule has 4 heteroatoms. The van der Waals surface area contributed by atoms with E-state index in [-0.39, 0.29) is 5.54 Å². The summed E-state index contributed by atoms with van der Waals surface area (Å²) in [6, 6.07) is 2.04. The maximum atomic E-state index is 6.02. The van der Waals surface area contributed by atoms with Gasteiger partial charge < -0.3 is 10.5 Å². The molecule has 1 saturated carbocycles. The number of ether oxygens (including phenoxy) is 1. The van der Waals surface area contributed by atoms with Crippen LogP contribution in [0.3, 0.4) is 0 Å². The second-order valence-corrected chi connectivity index (χ2v) is 4.41. The summed E-state index contributed by atoms with van der Waals surface area (Å²) in [5, 5.41) is 4.46. The highest BCUT2D eigenvalue weighted by Crippen LogP contribution is 2.36. The van der Waals surface area contributed by atoms with Crippen molar-refractivity contribution in [3.05, 3.63) is 11.8 Å². The molecule has 0 aromatic carbocycles. The van der Waals surface area contributed by atoms with Crippen molar-refractivity contribution < 1.29 is 4.74 Å². The minimum absolute atomic E-state index is 0.134. The van der Waals surface area contributed by atoms with E-state index in [0.29, 0.717) is 0 Å². The fourth-order valence-electron chi connectivity index (χ4n) is 1.87. The van der Waals surface area contributed by atoms with E-state index in [9.17, 15) is 0 Å². The molecular weight excluding hydrogens is 178 g/mol. The van der Waals surface area contributed by atoms with Gasteiger partial charge in [0, 0.05) is 11.6 Å². The lowest BCUT2D eigenvalue weighted by atomic mass is 10.1. The number of rotatable bonds is 3. The van der Waals surface area contributed by atoms with E-state index in [4.69, 9.17) is 10.5 Å². The van der Waals surface area contributed by atoms with Crippen molar-refractivity contribution in [3.63, 3.8) is 0 Å². The summed E-state index contributed by atoms with van der Waals surface area (Å²) in [6.45, 7) is 1.66. The second kappa shape index (κ2) is 2.73. The van der Waals surface area contributed by atoms with Gasteiger partial charge in [-0.1, -0.05) is 0 Å². The van der Waals surface area contributed by atoms with E-state index < -0.39 is 0 Å². The van der Waals surface area contributed by atoms with E-state index in [1.807, 2.05) is 10.7 Å². The number of fused-ring (bicyclic) bond motifs is 1. The molecular formula is C10H15N3O. The van der Waals surface area contributed by atoms with E-state index in [1.165, 1.54) is 12.8 Å². The van der Waals surface area contributed by atoms with Crippen LogP contribution < -0.4 is 10.5 Å². The molecule has 0 spiro atoms. The van der Waals surface area contributed by atoms with Gasteiger partial charge in [-0.15, -0.1) is 0 Å². The van der Waals surface area contributed by atoms with Gasteiger partial charge in [0.25, 0.3) is 0 Å². The Morgan fingerprint density at radius 3 is 3.14 bits per heavy atom. The van der Waals surface area contributed by atoms with Gasteiger partial charge in [0.15, 0.2) is 0 Å². The van der Waals surface area contributed by atoms with Crippen LogP contribution in [-0.4, -0.2) is 21.9 Å². The zero-order chi connectivity index (χ0) is 9.60. The van der Waals surface area contributed by atoms with E-state index in [2.05, 4.69) is 5.10 Å². The van der Waals surface area contributed by atoms with Gasteiger partial charge in [0.05, 0.1) is 12.2 Å². The lowest BCUT2D eigenvalue weighted by molar-refractivity contribution is 0.356. The predicted molar refractivity (Wildman–Crippen MR) is 52.2 cm³/mol. The molecule has 1 fully saturated rings. The minimum atomic E-state index is 0.134. The first-order valence-electron chi connectivity index (χ1n) is 5.24. The first kappa shape index (κ1) is 8.29. The Morgan fingerprint density at radius 2 is 2.43 bits per heavy atom. The standard InChI is InChI=1S/C10H15N3O/c11-10(3-4-10)2-1-8-7-9-13(12-8)5-6-14-9/h7H,1-6,11H2. The van der Waals surface area contributed by atoms with Crippen molar-refractivity contribution in [3.8, 4) is 5.88 Å². The van der Waals surface area contributed by atoms with Crippen LogP contribution in [-0.2, 0) is 13.0 Å². The highest BCUT2D eigenvalue weighted by atomic mass is 16.5. The third-order valence-corrected chi connectivity index (χ3v) is 3.12. The van der Waals surface area contributed by atoms with Crippen LogP contribution in [0.25, 0.3) is 0 Å². The molecule has 1 aliphatic carbocycles. The van der Waals surface area contributed by atoms with Crippen molar-refractivity contribution in [1.29, 1.82) is 0 Å². The first-order chi connectivity index (χ1) is 6.75. The maximum Gasteiger partial charge on any atom is 0.212 e. The van der Waals surface area contributed by atoms with Crippen molar-refractivity contribution in [2.75, 3.05) is 6.61 Å². The van der Waals surface area contributed by atoms with Gasteiger partial charge in [-0.05, 0) is 25.7 Å². The molecule has 2 N–H and O–H groups in total. The fraction of sp³-hybridized carbons (Fsp3) is 0.700. The Labute approximate surface area is 83.0 Å². The van der Waals surface area contributed by atoms with Crippen molar-refractivity contribution >= 4 is 0 Å². The van der Waals surface area contributed by atoms with Crippen molar-refractivity contribution in [1.82, 2.24) is 9.78 Å². The number of nitrogens with zero attached hydrogens (tertiary/aromatic N) is 2. The van der Waals surface area contributed by atoms with Crippen molar-refractivity contribution in [2.45, 2.75) is 37.8 Å². The fourth-order valence-corrected chi connectivity index (χ4v) is 1.87. The third kappa shape index (κ3) is 1.39. The molecule has 4 nitrogen and oxygen atoms in total. The summed E-state index contributed by atoms with van der Waals surface area (Å²) < 4.78 is 7.33. The van der Waals surface area contributed by atoms with Gasteiger partial charge in [0.2, 0.25) is 5.88 Å². The van der Waals surface area contributed by atoms with Gasteiger partial charge in [-0.25, -0.2) is 4.68 Å². The van der Waals surface area contributed by atoms with Crippen molar-refractivity contribution in [2.24, 2.45) is 5.73 Å². The van der Waals surface area contributed by atoms with Crippen LogP contribution in [0.4, 0.5) is 0 Å². The average molecular weight is 193 g/mol. The molecule has 0 unspecified atom stereocenters. The zero-order valence-corrected chi connectivity index (χ0v) is 8.20. The normalized spacial score (nSPS) is 21.8. The number of nitrogens with two attached hydrogens (primary N) is 1. The summed E-state index contributed by atoms with van der Waals surface area (Å²) in [4.78, 5) is 0. The molecule has 14 heavy (non-hydrogen) atoms. The molecule has 0 atom stereocenters. The lowest BCUT2D eigenvalue weighted by Crippen LogP contribution is -2.22. The number of aryl methyl sites for hydroxylation is 1. The van der Waals surface area contributed by atoms with Crippen LogP contribution in [0.2, 0.25) is 0 Å². The Bertz CT molecular complexity index is 333. The second-order valence-electron chi connectivity index (χ2n) is 4.41. The van der Waals surface area contributed by atoms with E-state index in [1.54, 1.807) is 0 Å². The number of hydrogen-bond acceptors (Lipinski definition) is 3. The van der Waals surface area contributed by atoms with E-state index in [0.717, 1.165) is 37.6 Å². The van der Waals surface area contributed by atoms with Crippen LogP contribution in [0.15, 0.2) is 6.07 Å². The predicted octanol–water partition coefficient (Wildman–Crippen LogP) is 0.699. The minimum Gasteiger partial charge on any atom is -0.476 e. The van der Waals surface area contributed by atoms with Gasteiger partial charge >= 0.3 is 0 Å². The highest BCUT2D eigenvalue weighted by Gasteiger charge is 2.37. The SMILES string of the molecule is NC1(CCc2cc3n(n2)CCO3)CC1. The van der Waals surface area contributed by atoms with E-state index >= 15 is 0 Å². The Hall–Kier alpha value is -1.03. The molecule has 3 rings (SSSR count). The molecule has 0 bridgehead atoms. The van der Waals surface area contributed by atoms with Crippen LogP contribution in [0.5, 0.6) is 5.88 Å². The molecule has 0 saturated heterocycles. The monoisotopic (exact) mass is 193 g/mol. The van der Waals surface area contributed by atoms with Crippen LogP contribution in [0, 0.1) is 0 Å². The molecule has 2 aliphatic rings. The average Bonchev–Trinajstić information content (AvgIpc) is 2.61. The molecule has 1 aromatic rings. The Balaban J connectivity index is 1.66. The van der Waals surface area contributed by atoms with Gasteiger partial charge in [0.1, 0.15) is 6.61 Å². The number of aromatic nitrogens is 2. The summed E-state index contributed by atoms with van der Waals surface area (Å²) >= 11 is 0. The maximum absolute atomic E-state index is 6.02. The smallest absolute Gasteiger partial charge is 0.212 e. The molecule has 0 amide bonds. The summed E-state index contributed by atoms with van der Waals surface area (Å²) in [7, 11) is 0. The molecule has 76 valence electrons. The number of hydrogen-bond donors (Lipinski definition) is 1. The summed E-state index contributed by atoms with van der Waals surface area (Å²) in [5.41, 5.74) is 7.28. The summed E-state index contributed by atoms with van der Waals surface area (Å²) in [5.74, 6) is 0.918. The summed E-state index contributed by atoms with van der Waals surface area (Å²) in [6.07, 6.45) is 4.40. The molecule has 0 radical (unpaired) electrons. The third-order valence-electron chi connectivity index (χ3n) is 3.12. The van der Waals surface area contributed by atoms with Gasteiger partial charge in [-0.3, -0.25) is 0 Å². The van der Waals surface area contributed by atoms with Gasteiger partial charge in [-0.2, -0.15) is 5.10 Å². The molecule has 1 aliphatic heterocycles. The quantitative estimate of drug-likeness (QED) is 0.768. The Morgan fingerprint density at radius 1 is 1.57 bits per heavy atom. The lowest BCUT2D eigenvalue weighted by Gasteiger charge is -2.05.